The van der Waals surface area contributed by atoms with E-state index in [0.717, 1.165) is 0 Å². The quantitative estimate of drug-likeness (QED) is 0.783. The number of rotatable bonds is 5. The molecule has 1 aromatic heterocycles. The molecule has 1 heterocycles. The fraction of sp³-hybridized carbons (Fsp3) is 0.143. The lowest BCUT2D eigenvalue weighted by molar-refractivity contribution is 0.0698. The number of nitrogen functional groups attached to an aromatic ring is 1. The van der Waals surface area contributed by atoms with Crippen LogP contribution >= 0.6 is 0 Å². The van der Waals surface area contributed by atoms with Gasteiger partial charge in [0.1, 0.15) is 0 Å². The number of benzene rings is 1. The normalized spacial score (nSPS) is 10.2. The number of nitrogens with one attached hydrogen (secondary N) is 1. The number of halogens is 1. The number of anilines is 3. The van der Waals surface area contributed by atoms with Crippen molar-refractivity contribution in [1.29, 1.82) is 0 Å². The first-order valence-electron chi connectivity index (χ1n) is 6.20. The summed E-state index contributed by atoms with van der Waals surface area (Å²) in [6.45, 7) is 2.12. The molecule has 0 amide bonds. The van der Waals surface area contributed by atoms with Crippen molar-refractivity contribution in [2.45, 2.75) is 6.92 Å². The number of aromatic nitrogens is 1. The number of carboxylic acid groups (broad SMARTS) is 1. The van der Waals surface area contributed by atoms with Crippen molar-refractivity contribution in [1.82, 2.24) is 4.98 Å². The van der Waals surface area contributed by atoms with E-state index in [0.29, 0.717) is 12.3 Å². The fourth-order valence-corrected chi connectivity index (χ4v) is 1.75. The summed E-state index contributed by atoms with van der Waals surface area (Å²) in [6.07, 6.45) is 1.31. The largest absolute Gasteiger partial charge is 0.491 e. The molecule has 7 heteroatoms. The van der Waals surface area contributed by atoms with Crippen molar-refractivity contribution >= 4 is 23.2 Å². The minimum atomic E-state index is -1.16. The van der Waals surface area contributed by atoms with E-state index in [-0.39, 0.29) is 22.8 Å². The van der Waals surface area contributed by atoms with Crippen LogP contribution in [0.2, 0.25) is 0 Å². The molecule has 0 bridgehead atoms. The Kier molecular flexibility index (Phi) is 4.22. The van der Waals surface area contributed by atoms with Crippen molar-refractivity contribution in [2.24, 2.45) is 0 Å². The molecule has 2 rings (SSSR count). The number of hydrogen-bond donors (Lipinski definition) is 3. The summed E-state index contributed by atoms with van der Waals surface area (Å²) in [6, 6.07) is 5.57. The van der Waals surface area contributed by atoms with Gasteiger partial charge in [0.25, 0.3) is 0 Å². The SMILES string of the molecule is CCOc1ccc(Nc2nccc(C(=O)O)c2N)cc1F. The molecular weight excluding hydrogens is 277 g/mol. The Morgan fingerprint density at radius 3 is 2.86 bits per heavy atom. The highest BCUT2D eigenvalue weighted by molar-refractivity contribution is 5.96. The second-order valence-electron chi connectivity index (χ2n) is 4.13. The van der Waals surface area contributed by atoms with Crippen LogP contribution in [0.1, 0.15) is 17.3 Å². The zero-order valence-corrected chi connectivity index (χ0v) is 11.3. The first-order chi connectivity index (χ1) is 10.0. The first-order valence-corrected chi connectivity index (χ1v) is 6.20. The van der Waals surface area contributed by atoms with Crippen molar-refractivity contribution in [2.75, 3.05) is 17.7 Å². The topological polar surface area (TPSA) is 97.5 Å². The third kappa shape index (κ3) is 3.19. The second-order valence-corrected chi connectivity index (χ2v) is 4.13. The molecule has 0 spiro atoms. The Bertz CT molecular complexity index is 677. The van der Waals surface area contributed by atoms with Gasteiger partial charge in [-0.1, -0.05) is 0 Å². The zero-order valence-electron chi connectivity index (χ0n) is 11.3. The van der Waals surface area contributed by atoms with E-state index >= 15 is 0 Å². The number of hydrogen-bond acceptors (Lipinski definition) is 5. The number of nitrogens with two attached hydrogens (primary N) is 1. The van der Waals surface area contributed by atoms with Gasteiger partial charge in [-0.2, -0.15) is 0 Å². The summed E-state index contributed by atoms with van der Waals surface area (Å²) in [5.41, 5.74) is 6.03. The molecule has 2 aromatic rings. The maximum Gasteiger partial charge on any atom is 0.337 e. The second kappa shape index (κ2) is 6.08. The molecule has 110 valence electrons. The number of pyridine rings is 1. The lowest BCUT2D eigenvalue weighted by atomic mass is 10.2. The molecule has 6 nitrogen and oxygen atoms in total. The zero-order chi connectivity index (χ0) is 15.4. The molecular formula is C14H14FN3O3. The van der Waals surface area contributed by atoms with Crippen LogP contribution in [-0.2, 0) is 0 Å². The molecule has 0 aliphatic carbocycles. The lowest BCUT2D eigenvalue weighted by Crippen LogP contribution is -2.07. The molecule has 0 fully saturated rings. The molecule has 0 aliphatic heterocycles. The van der Waals surface area contributed by atoms with Crippen LogP contribution in [0.15, 0.2) is 30.5 Å². The molecule has 0 unspecified atom stereocenters. The molecule has 0 radical (unpaired) electrons. The van der Waals surface area contributed by atoms with Crippen LogP contribution in [0.3, 0.4) is 0 Å². The fourth-order valence-electron chi connectivity index (χ4n) is 1.75. The monoisotopic (exact) mass is 291 g/mol. The number of ether oxygens (including phenoxy) is 1. The van der Waals surface area contributed by atoms with E-state index in [1.54, 1.807) is 13.0 Å². The van der Waals surface area contributed by atoms with Gasteiger partial charge in [-0.3, -0.25) is 0 Å². The van der Waals surface area contributed by atoms with Crippen LogP contribution in [0.4, 0.5) is 21.6 Å². The highest BCUT2D eigenvalue weighted by atomic mass is 19.1. The van der Waals surface area contributed by atoms with Crippen molar-refractivity contribution in [3.05, 3.63) is 41.8 Å². The Morgan fingerprint density at radius 2 is 2.24 bits per heavy atom. The van der Waals surface area contributed by atoms with E-state index in [9.17, 15) is 9.18 Å². The van der Waals surface area contributed by atoms with Gasteiger partial charge in [0.05, 0.1) is 17.9 Å². The molecule has 0 atom stereocenters. The summed E-state index contributed by atoms with van der Waals surface area (Å²) in [4.78, 5) is 14.9. The highest BCUT2D eigenvalue weighted by Gasteiger charge is 2.13. The van der Waals surface area contributed by atoms with Gasteiger partial charge in [-0.15, -0.1) is 0 Å². The Labute approximate surface area is 120 Å². The van der Waals surface area contributed by atoms with Crippen molar-refractivity contribution < 1.29 is 19.0 Å². The summed E-state index contributed by atoms with van der Waals surface area (Å²) < 4.78 is 18.8. The number of aromatic carboxylic acids is 1. The minimum absolute atomic E-state index is 0.0145. The van der Waals surface area contributed by atoms with Crippen LogP contribution in [0, 0.1) is 5.82 Å². The Hall–Kier alpha value is -2.83. The highest BCUT2D eigenvalue weighted by Crippen LogP contribution is 2.27. The summed E-state index contributed by atoms with van der Waals surface area (Å²) in [7, 11) is 0. The van der Waals surface area contributed by atoms with E-state index in [2.05, 4.69) is 10.3 Å². The smallest absolute Gasteiger partial charge is 0.337 e. The van der Waals surface area contributed by atoms with E-state index < -0.39 is 11.8 Å². The van der Waals surface area contributed by atoms with E-state index in [1.165, 1.54) is 24.4 Å². The summed E-state index contributed by atoms with van der Waals surface area (Å²) >= 11 is 0. The molecule has 0 saturated heterocycles. The van der Waals surface area contributed by atoms with Crippen LogP contribution < -0.4 is 15.8 Å². The predicted molar refractivity (Wildman–Crippen MR) is 76.5 cm³/mol. The molecule has 21 heavy (non-hydrogen) atoms. The lowest BCUT2D eigenvalue weighted by Gasteiger charge is -2.11. The van der Waals surface area contributed by atoms with Gasteiger partial charge in [0.15, 0.2) is 17.4 Å². The van der Waals surface area contributed by atoms with E-state index in [1.807, 2.05) is 0 Å². The van der Waals surface area contributed by atoms with Gasteiger partial charge >= 0.3 is 5.97 Å². The van der Waals surface area contributed by atoms with Gasteiger partial charge < -0.3 is 20.9 Å². The van der Waals surface area contributed by atoms with Gasteiger partial charge in [0, 0.05) is 18.0 Å². The maximum absolute atomic E-state index is 13.7. The van der Waals surface area contributed by atoms with Gasteiger partial charge in [0.2, 0.25) is 0 Å². The Morgan fingerprint density at radius 1 is 1.48 bits per heavy atom. The number of nitrogens with zero attached hydrogens (tertiary/aromatic N) is 1. The standard InChI is InChI=1S/C14H14FN3O3/c1-2-21-11-4-3-8(7-10(11)15)18-13-12(16)9(14(19)20)5-6-17-13/h3-7H,2,16H2,1H3,(H,17,18)(H,19,20). The first kappa shape index (κ1) is 14.6. The van der Waals surface area contributed by atoms with Crippen LogP contribution in [-0.4, -0.2) is 22.7 Å². The van der Waals surface area contributed by atoms with Crippen LogP contribution in [0.5, 0.6) is 5.75 Å². The van der Waals surface area contributed by atoms with Crippen LogP contribution in [0.25, 0.3) is 0 Å². The third-order valence-corrected chi connectivity index (χ3v) is 2.71. The molecule has 1 aromatic carbocycles. The maximum atomic E-state index is 13.7. The molecule has 4 N–H and O–H groups in total. The van der Waals surface area contributed by atoms with Gasteiger partial charge in [-0.25, -0.2) is 14.2 Å². The predicted octanol–water partition coefficient (Wildman–Crippen LogP) is 2.64. The average molecular weight is 291 g/mol. The number of carboxylic acids is 1. The minimum Gasteiger partial charge on any atom is -0.491 e. The van der Waals surface area contributed by atoms with Crippen molar-refractivity contribution in [3.8, 4) is 5.75 Å². The Balaban J connectivity index is 2.28. The molecule has 0 saturated carbocycles. The van der Waals surface area contributed by atoms with Gasteiger partial charge in [-0.05, 0) is 25.1 Å². The van der Waals surface area contributed by atoms with Crippen molar-refractivity contribution in [3.63, 3.8) is 0 Å². The number of carbonyl (C=O) groups is 1. The molecule has 0 aliphatic rings. The third-order valence-electron chi connectivity index (χ3n) is 2.71. The summed E-state index contributed by atoms with van der Waals surface area (Å²) in [5.74, 6) is -1.40. The summed E-state index contributed by atoms with van der Waals surface area (Å²) in [5, 5.41) is 11.8. The average Bonchev–Trinajstić information content (AvgIpc) is 2.44. The van der Waals surface area contributed by atoms with E-state index in [4.69, 9.17) is 15.6 Å².